The Morgan fingerprint density at radius 1 is 1.11 bits per heavy atom. The van der Waals surface area contributed by atoms with Crippen molar-refractivity contribution in [2.24, 2.45) is 21.0 Å². The maximum atomic E-state index is 11.9. The highest BCUT2D eigenvalue weighted by Gasteiger charge is 2.23. The summed E-state index contributed by atoms with van der Waals surface area (Å²) in [5, 5.41) is 8.94. The highest BCUT2D eigenvalue weighted by molar-refractivity contribution is 8.14. The molecule has 2 N–H and O–H groups in total. The number of azo groups is 1. The number of nitrogens with zero attached hydrogens (tertiary/aromatic N) is 5. The van der Waals surface area contributed by atoms with E-state index >= 15 is 0 Å². The van der Waals surface area contributed by atoms with Crippen molar-refractivity contribution in [2.45, 2.75) is 10.9 Å². The molecule has 0 saturated heterocycles. The molecule has 0 aliphatic heterocycles. The second-order valence-corrected chi connectivity index (χ2v) is 7.09. The van der Waals surface area contributed by atoms with Crippen molar-refractivity contribution in [3.05, 3.63) is 60.7 Å². The lowest BCUT2D eigenvalue weighted by Crippen LogP contribution is -2.32. The second kappa shape index (κ2) is 9.15. The Labute approximate surface area is 164 Å². The number of rotatable bonds is 6. The number of nitrogens with two attached hydrogens (primary N) is 1. The van der Waals surface area contributed by atoms with Crippen molar-refractivity contribution >= 4 is 39.4 Å². The molecule has 1 heterocycles. The van der Waals surface area contributed by atoms with Crippen LogP contribution in [0.2, 0.25) is 0 Å². The molecule has 0 spiro atoms. The predicted molar refractivity (Wildman–Crippen MR) is 109 cm³/mol. The Kier molecular flexibility index (Phi) is 6.39. The molecule has 0 fully saturated rings. The maximum absolute atomic E-state index is 11.9. The van der Waals surface area contributed by atoms with Gasteiger partial charge in [0.2, 0.25) is 5.13 Å². The smallest absolute Gasteiger partial charge is 0.250 e. The van der Waals surface area contributed by atoms with E-state index in [4.69, 9.17) is 5.73 Å². The molecule has 1 aromatic heterocycles. The van der Waals surface area contributed by atoms with E-state index in [1.807, 2.05) is 60.7 Å². The molecule has 0 unspecified atom stereocenters. The lowest BCUT2D eigenvalue weighted by atomic mass is 10.2. The Bertz CT molecular complexity index is 956. The number of hydrogen-bond acceptors (Lipinski definition) is 8. The minimum atomic E-state index is -0.982. The summed E-state index contributed by atoms with van der Waals surface area (Å²) in [5.41, 5.74) is 6.39. The number of hydrogen-bond donors (Lipinski definition) is 1. The molecular formula is C18H16N6OS2. The summed E-state index contributed by atoms with van der Waals surface area (Å²) in [5.74, 6) is -0.0659. The van der Waals surface area contributed by atoms with Crippen molar-refractivity contribution < 1.29 is 4.79 Å². The third-order valence-electron chi connectivity index (χ3n) is 3.40. The van der Waals surface area contributed by atoms with E-state index in [0.29, 0.717) is 16.0 Å². The molecule has 7 nitrogen and oxygen atoms in total. The van der Waals surface area contributed by atoms with Gasteiger partial charge in [-0.1, -0.05) is 60.3 Å². The van der Waals surface area contributed by atoms with Gasteiger partial charge in [0.15, 0.2) is 11.9 Å². The summed E-state index contributed by atoms with van der Waals surface area (Å²) in [6.45, 7) is 0. The molecule has 0 aliphatic rings. The van der Waals surface area contributed by atoms with Crippen molar-refractivity contribution in [3.63, 3.8) is 0 Å². The Balaban J connectivity index is 1.78. The van der Waals surface area contributed by atoms with Gasteiger partial charge in [0.05, 0.1) is 0 Å². The summed E-state index contributed by atoms with van der Waals surface area (Å²) >= 11 is 2.43. The monoisotopic (exact) mass is 396 g/mol. The fourth-order valence-electron chi connectivity index (χ4n) is 2.13. The number of aliphatic imine (C=N–C) groups is 1. The van der Waals surface area contributed by atoms with Crippen LogP contribution in [0.15, 0.2) is 80.8 Å². The molecule has 0 bridgehead atoms. The van der Waals surface area contributed by atoms with Gasteiger partial charge < -0.3 is 5.73 Å². The van der Waals surface area contributed by atoms with Crippen molar-refractivity contribution in [2.75, 3.05) is 7.05 Å². The minimum absolute atomic E-state index is 0.347. The topological polar surface area (TPSA) is 106 Å². The van der Waals surface area contributed by atoms with Gasteiger partial charge in [0, 0.05) is 29.0 Å². The zero-order valence-electron chi connectivity index (χ0n) is 14.4. The van der Waals surface area contributed by atoms with E-state index in [0.717, 1.165) is 22.0 Å². The van der Waals surface area contributed by atoms with Gasteiger partial charge >= 0.3 is 0 Å². The first-order valence-corrected chi connectivity index (χ1v) is 9.55. The summed E-state index contributed by atoms with van der Waals surface area (Å²) in [6.07, 6.45) is 0. The Hall–Kier alpha value is -2.91. The molecule has 0 aliphatic carbocycles. The summed E-state index contributed by atoms with van der Waals surface area (Å²) in [6, 6.07) is 18.1. The zero-order chi connectivity index (χ0) is 19.1. The molecule has 2 aromatic carbocycles. The average molecular weight is 397 g/mol. The molecule has 136 valence electrons. The van der Waals surface area contributed by atoms with Crippen LogP contribution in [0.25, 0.3) is 11.4 Å². The number of primary amides is 1. The fourth-order valence-corrected chi connectivity index (χ4v) is 3.55. The third-order valence-corrected chi connectivity index (χ3v) is 5.12. The molecule has 1 amide bonds. The Morgan fingerprint density at radius 2 is 1.78 bits per heavy atom. The van der Waals surface area contributed by atoms with Gasteiger partial charge in [0.1, 0.15) is 5.04 Å². The minimum Gasteiger partial charge on any atom is -0.367 e. The van der Waals surface area contributed by atoms with Gasteiger partial charge in [0.25, 0.3) is 5.91 Å². The number of amides is 1. The number of thioether (sulfide) groups is 1. The molecule has 3 rings (SSSR count). The summed E-state index contributed by atoms with van der Waals surface area (Å²) in [7, 11) is 1.59. The van der Waals surface area contributed by atoms with Crippen LogP contribution in [0.1, 0.15) is 0 Å². The van der Waals surface area contributed by atoms with E-state index in [1.54, 1.807) is 7.05 Å². The summed E-state index contributed by atoms with van der Waals surface area (Å²) < 4.78 is 4.27. The fraction of sp³-hybridized carbons (Fsp3) is 0.111. The van der Waals surface area contributed by atoms with Gasteiger partial charge in [-0.2, -0.15) is 14.5 Å². The lowest BCUT2D eigenvalue weighted by Gasteiger charge is -2.10. The van der Waals surface area contributed by atoms with Crippen LogP contribution < -0.4 is 5.73 Å². The van der Waals surface area contributed by atoms with Crippen molar-refractivity contribution in [1.29, 1.82) is 0 Å². The molecule has 3 aromatic rings. The van der Waals surface area contributed by atoms with E-state index < -0.39 is 11.9 Å². The van der Waals surface area contributed by atoms with Crippen LogP contribution in [0.3, 0.4) is 0 Å². The van der Waals surface area contributed by atoms with Crippen LogP contribution in [0, 0.1) is 0 Å². The predicted octanol–water partition coefficient (Wildman–Crippen LogP) is 3.96. The zero-order valence-corrected chi connectivity index (χ0v) is 16.0. The normalized spacial score (nSPS) is 13.0. The van der Waals surface area contributed by atoms with Crippen molar-refractivity contribution in [1.82, 2.24) is 9.36 Å². The van der Waals surface area contributed by atoms with E-state index in [-0.39, 0.29) is 0 Å². The Morgan fingerprint density at radius 3 is 2.41 bits per heavy atom. The van der Waals surface area contributed by atoms with Crippen LogP contribution >= 0.6 is 23.3 Å². The van der Waals surface area contributed by atoms with Gasteiger partial charge in [-0.3, -0.25) is 9.79 Å². The second-order valence-electron chi connectivity index (χ2n) is 5.26. The number of aromatic nitrogens is 2. The first kappa shape index (κ1) is 18.9. The van der Waals surface area contributed by atoms with Crippen LogP contribution in [-0.4, -0.2) is 33.4 Å². The van der Waals surface area contributed by atoms with E-state index in [9.17, 15) is 4.79 Å². The molecular weight excluding hydrogens is 380 g/mol. The average Bonchev–Trinajstić information content (AvgIpc) is 3.17. The highest BCUT2D eigenvalue weighted by Crippen LogP contribution is 2.25. The standard InChI is InChI=1S/C18H16N6OS2/c1-20-17(26-13-10-6-3-7-11-13)14(15(19)25)22-23-18-21-16(24-27-18)12-8-4-2-5-9-12/h2-11,14H,1H3,(H2,19,25)/t14-/m0/s1. The molecule has 0 saturated carbocycles. The van der Waals surface area contributed by atoms with Crippen molar-refractivity contribution in [3.8, 4) is 11.4 Å². The molecule has 0 radical (unpaired) electrons. The maximum Gasteiger partial charge on any atom is 0.250 e. The lowest BCUT2D eigenvalue weighted by molar-refractivity contribution is -0.117. The number of benzene rings is 2. The largest absolute Gasteiger partial charge is 0.367 e. The van der Waals surface area contributed by atoms with Crippen LogP contribution in [0.5, 0.6) is 0 Å². The van der Waals surface area contributed by atoms with E-state index in [1.165, 1.54) is 11.8 Å². The van der Waals surface area contributed by atoms with Crippen LogP contribution in [0.4, 0.5) is 5.13 Å². The SMILES string of the molecule is CN=C(Sc1ccccc1)[C@@H](N=Nc1nc(-c2ccccc2)ns1)C(N)=O. The third kappa shape index (κ3) is 5.05. The van der Waals surface area contributed by atoms with Crippen LogP contribution in [-0.2, 0) is 4.79 Å². The van der Waals surface area contributed by atoms with Gasteiger partial charge in [-0.15, -0.1) is 5.11 Å². The van der Waals surface area contributed by atoms with Gasteiger partial charge in [-0.05, 0) is 12.1 Å². The molecule has 1 atom stereocenters. The molecule has 27 heavy (non-hydrogen) atoms. The number of carbonyl (C=O) groups excluding carboxylic acids is 1. The highest BCUT2D eigenvalue weighted by atomic mass is 32.2. The quantitative estimate of drug-likeness (QED) is 0.294. The van der Waals surface area contributed by atoms with E-state index in [2.05, 4.69) is 24.6 Å². The first-order valence-electron chi connectivity index (χ1n) is 7.96. The van der Waals surface area contributed by atoms with Gasteiger partial charge in [-0.25, -0.2) is 0 Å². The summed E-state index contributed by atoms with van der Waals surface area (Å²) in [4.78, 5) is 21.3. The molecule has 9 heteroatoms. The first-order chi connectivity index (χ1) is 13.2. The number of carbonyl (C=O) groups is 1.